The molecule has 0 aliphatic rings. The molecule has 0 bridgehead atoms. The highest BCUT2D eigenvalue weighted by Crippen LogP contribution is 2.26. The van der Waals surface area contributed by atoms with Gasteiger partial charge in [-0.25, -0.2) is 0 Å². The Morgan fingerprint density at radius 1 is 1.50 bits per heavy atom. The first-order chi connectivity index (χ1) is 4.50. The third-order valence-corrected chi connectivity index (χ3v) is 2.08. The van der Waals surface area contributed by atoms with E-state index in [9.17, 15) is 5.11 Å². The Kier molecular flexibility index (Phi) is 3.95. The van der Waals surface area contributed by atoms with Gasteiger partial charge in [-0.15, -0.1) is 0 Å². The Labute approximate surface area is 64.5 Å². The predicted molar refractivity (Wildman–Crippen MR) is 44.7 cm³/mol. The zero-order valence-corrected chi connectivity index (χ0v) is 7.35. The fraction of sp³-hybridized carbons (Fsp3) is 0.889. The topological polar surface area (TPSA) is 20.2 Å². The molecule has 61 valence electrons. The maximum Gasteiger partial charge on any atom is 0.0592 e. The summed E-state index contributed by atoms with van der Waals surface area (Å²) in [6.07, 6.45) is 3.00. The second-order valence-corrected chi connectivity index (χ2v) is 3.61. The minimum Gasteiger partial charge on any atom is -0.393 e. The molecule has 0 saturated heterocycles. The van der Waals surface area contributed by atoms with Crippen molar-refractivity contribution in [1.29, 1.82) is 0 Å². The first-order valence-corrected chi connectivity index (χ1v) is 4.02. The van der Waals surface area contributed by atoms with Gasteiger partial charge in [-0.1, -0.05) is 33.6 Å². The molecular weight excluding hydrogens is 124 g/mol. The lowest BCUT2D eigenvalue weighted by Crippen LogP contribution is -2.26. The smallest absolute Gasteiger partial charge is 0.0592 e. The van der Waals surface area contributed by atoms with Gasteiger partial charge in [0.05, 0.1) is 6.10 Å². The summed E-state index contributed by atoms with van der Waals surface area (Å²) < 4.78 is 0. The molecule has 0 aromatic heterocycles. The maximum absolute atomic E-state index is 9.20. The number of unbranched alkanes of at least 4 members (excludes halogenated alkanes) is 1. The molecule has 10 heavy (non-hydrogen) atoms. The van der Waals surface area contributed by atoms with Gasteiger partial charge >= 0.3 is 0 Å². The van der Waals surface area contributed by atoms with E-state index in [0.29, 0.717) is 0 Å². The Morgan fingerprint density at radius 3 is 2.30 bits per heavy atom. The van der Waals surface area contributed by atoms with Crippen molar-refractivity contribution in [3.8, 4) is 0 Å². The second kappa shape index (κ2) is 3.97. The number of hydrogen-bond acceptors (Lipinski definition) is 1. The number of aliphatic hydroxyl groups is 1. The molecule has 0 saturated carbocycles. The zero-order chi connectivity index (χ0) is 8.20. The van der Waals surface area contributed by atoms with Crippen LogP contribution in [0.1, 0.15) is 40.0 Å². The molecule has 0 amide bonds. The van der Waals surface area contributed by atoms with Crippen LogP contribution in [0.25, 0.3) is 0 Å². The van der Waals surface area contributed by atoms with Crippen LogP contribution in [0.5, 0.6) is 0 Å². The molecule has 0 aliphatic carbocycles. The van der Waals surface area contributed by atoms with Crippen molar-refractivity contribution < 1.29 is 5.11 Å². The Morgan fingerprint density at radius 2 is 2.00 bits per heavy atom. The van der Waals surface area contributed by atoms with Crippen molar-refractivity contribution in [2.24, 2.45) is 5.41 Å². The molecule has 0 aliphatic heterocycles. The van der Waals surface area contributed by atoms with E-state index >= 15 is 0 Å². The van der Waals surface area contributed by atoms with E-state index in [1.54, 1.807) is 0 Å². The summed E-state index contributed by atoms with van der Waals surface area (Å²) in [5.74, 6) is 0. The van der Waals surface area contributed by atoms with Gasteiger partial charge in [-0.2, -0.15) is 0 Å². The number of aliphatic hydroxyl groups excluding tert-OH is 1. The van der Waals surface area contributed by atoms with Crippen molar-refractivity contribution in [3.63, 3.8) is 0 Å². The Hall–Kier alpha value is -0.0400. The van der Waals surface area contributed by atoms with Crippen LogP contribution in [0.15, 0.2) is 0 Å². The summed E-state index contributed by atoms with van der Waals surface area (Å²) in [6, 6.07) is 0. The normalized spacial score (nSPS) is 15.3. The monoisotopic (exact) mass is 143 g/mol. The van der Waals surface area contributed by atoms with Crippen molar-refractivity contribution in [1.82, 2.24) is 0 Å². The van der Waals surface area contributed by atoms with Crippen LogP contribution in [0, 0.1) is 12.3 Å². The third kappa shape index (κ3) is 3.21. The van der Waals surface area contributed by atoms with E-state index < -0.39 is 6.10 Å². The SMILES string of the molecule is [CH2]C(O)C(C)(C)CCCC. The largest absolute Gasteiger partial charge is 0.393 e. The number of rotatable bonds is 4. The van der Waals surface area contributed by atoms with Crippen molar-refractivity contribution in [2.75, 3.05) is 0 Å². The van der Waals surface area contributed by atoms with E-state index in [0.717, 1.165) is 6.42 Å². The van der Waals surface area contributed by atoms with Gasteiger partial charge in [-0.3, -0.25) is 0 Å². The van der Waals surface area contributed by atoms with E-state index in [2.05, 4.69) is 27.7 Å². The first-order valence-electron chi connectivity index (χ1n) is 4.02. The molecule has 0 heterocycles. The molecular formula is C9H19O. The molecule has 1 radical (unpaired) electrons. The number of hydrogen-bond donors (Lipinski definition) is 1. The minimum absolute atomic E-state index is 0.00396. The molecule has 1 atom stereocenters. The van der Waals surface area contributed by atoms with Gasteiger partial charge in [0.2, 0.25) is 0 Å². The fourth-order valence-corrected chi connectivity index (χ4v) is 0.799. The van der Waals surface area contributed by atoms with E-state index in [-0.39, 0.29) is 5.41 Å². The lowest BCUT2D eigenvalue weighted by molar-refractivity contribution is 0.0793. The molecule has 1 heteroatoms. The second-order valence-electron chi connectivity index (χ2n) is 3.61. The molecule has 1 unspecified atom stereocenters. The molecule has 0 rings (SSSR count). The minimum atomic E-state index is -0.431. The van der Waals surface area contributed by atoms with Gasteiger partial charge in [-0.05, 0) is 18.8 Å². The average Bonchev–Trinajstić information content (AvgIpc) is 1.84. The van der Waals surface area contributed by atoms with Crippen LogP contribution in [0.2, 0.25) is 0 Å². The van der Waals surface area contributed by atoms with Gasteiger partial charge < -0.3 is 5.11 Å². The van der Waals surface area contributed by atoms with Crippen LogP contribution in [0.4, 0.5) is 0 Å². The summed E-state index contributed by atoms with van der Waals surface area (Å²) in [6.45, 7) is 9.89. The summed E-state index contributed by atoms with van der Waals surface area (Å²) in [4.78, 5) is 0. The predicted octanol–water partition coefficient (Wildman–Crippen LogP) is 2.40. The highest BCUT2D eigenvalue weighted by molar-refractivity contribution is 4.78. The van der Waals surface area contributed by atoms with Crippen molar-refractivity contribution in [3.05, 3.63) is 6.92 Å². The van der Waals surface area contributed by atoms with Crippen LogP contribution in [0.3, 0.4) is 0 Å². The molecule has 0 aromatic rings. The van der Waals surface area contributed by atoms with Crippen molar-refractivity contribution in [2.45, 2.75) is 46.1 Å². The molecule has 0 fully saturated rings. The third-order valence-electron chi connectivity index (χ3n) is 2.08. The van der Waals surface area contributed by atoms with Crippen molar-refractivity contribution >= 4 is 0 Å². The highest BCUT2D eigenvalue weighted by Gasteiger charge is 2.22. The molecule has 0 aromatic carbocycles. The van der Waals surface area contributed by atoms with Crippen LogP contribution < -0.4 is 0 Å². The highest BCUT2D eigenvalue weighted by atomic mass is 16.3. The van der Waals surface area contributed by atoms with Crippen LogP contribution in [-0.4, -0.2) is 11.2 Å². The molecule has 1 nitrogen and oxygen atoms in total. The fourth-order valence-electron chi connectivity index (χ4n) is 0.799. The van der Waals surface area contributed by atoms with Crippen LogP contribution in [-0.2, 0) is 0 Å². The van der Waals surface area contributed by atoms with E-state index in [1.165, 1.54) is 12.8 Å². The Bertz CT molecular complexity index is 84.7. The lowest BCUT2D eigenvalue weighted by Gasteiger charge is -2.27. The van der Waals surface area contributed by atoms with E-state index in [4.69, 9.17) is 0 Å². The summed E-state index contributed by atoms with van der Waals surface area (Å²) in [7, 11) is 0. The molecule has 0 spiro atoms. The van der Waals surface area contributed by atoms with Gasteiger partial charge in [0, 0.05) is 0 Å². The summed E-state index contributed by atoms with van der Waals surface area (Å²) >= 11 is 0. The molecule has 1 N–H and O–H groups in total. The zero-order valence-electron chi connectivity index (χ0n) is 7.35. The van der Waals surface area contributed by atoms with Crippen LogP contribution >= 0.6 is 0 Å². The first kappa shape index (κ1) is 9.96. The quantitative estimate of drug-likeness (QED) is 0.640. The maximum atomic E-state index is 9.20. The Balaban J connectivity index is 3.63. The average molecular weight is 143 g/mol. The summed E-state index contributed by atoms with van der Waals surface area (Å²) in [5.41, 5.74) is -0.00396. The van der Waals surface area contributed by atoms with Gasteiger partial charge in [0.25, 0.3) is 0 Å². The van der Waals surface area contributed by atoms with Gasteiger partial charge in [0.1, 0.15) is 0 Å². The standard InChI is InChI=1S/C9H19O/c1-5-6-7-9(3,4)8(2)10/h8,10H,2,5-7H2,1,3-4H3. The van der Waals surface area contributed by atoms with Gasteiger partial charge in [0.15, 0.2) is 0 Å². The summed E-state index contributed by atoms with van der Waals surface area (Å²) in [5, 5.41) is 9.20. The lowest BCUT2D eigenvalue weighted by atomic mass is 9.82. The van der Waals surface area contributed by atoms with E-state index in [1.807, 2.05) is 0 Å².